The molecule has 1 aromatic heterocycles. The number of halogens is 2. The first-order valence-corrected chi connectivity index (χ1v) is 5.80. The van der Waals surface area contributed by atoms with E-state index in [0.717, 1.165) is 10.9 Å². The first-order valence-electron chi connectivity index (χ1n) is 5.42. The van der Waals surface area contributed by atoms with E-state index in [9.17, 15) is 24.1 Å². The normalized spacial score (nSPS) is 10.6. The molecule has 0 saturated carbocycles. The van der Waals surface area contributed by atoms with Crippen LogP contribution in [0.1, 0.15) is 10.4 Å². The second-order valence-electron chi connectivity index (χ2n) is 3.94. The zero-order chi connectivity index (χ0) is 15.9. The average Bonchev–Trinajstić information content (AvgIpc) is 2.40. The number of carboxylic acids is 1. The largest absolute Gasteiger partial charge is 0.477 e. The van der Waals surface area contributed by atoms with Crippen LogP contribution in [0.15, 0.2) is 17.1 Å². The van der Waals surface area contributed by atoms with Crippen molar-refractivity contribution in [2.45, 2.75) is 0 Å². The van der Waals surface area contributed by atoms with Crippen molar-refractivity contribution in [1.82, 2.24) is 4.68 Å². The maximum atomic E-state index is 13.7. The maximum absolute atomic E-state index is 13.7. The molecule has 0 fully saturated rings. The van der Waals surface area contributed by atoms with Gasteiger partial charge in [-0.3, -0.25) is 19.6 Å². The van der Waals surface area contributed by atoms with Gasteiger partial charge in [0.15, 0.2) is 10.5 Å². The average molecular weight is 316 g/mol. The number of fused-ring (bicyclic) bond motifs is 1. The van der Waals surface area contributed by atoms with Crippen LogP contribution in [0.2, 0.25) is 5.02 Å². The smallest absolute Gasteiger partial charge is 0.341 e. The molecule has 2 aromatic rings. The number of carbonyl (C=O) groups is 1. The number of rotatable bonds is 3. The Kier molecular flexibility index (Phi) is 3.52. The highest BCUT2D eigenvalue weighted by atomic mass is 35.5. The molecule has 0 bridgehead atoms. The summed E-state index contributed by atoms with van der Waals surface area (Å²) in [5.41, 5.74) is -0.375. The van der Waals surface area contributed by atoms with Crippen molar-refractivity contribution in [3.63, 3.8) is 0 Å². The van der Waals surface area contributed by atoms with E-state index in [1.807, 2.05) is 0 Å². The molecule has 0 aliphatic carbocycles. The molecule has 0 amide bonds. The SMILES string of the molecule is CNn1cc(C(=O)O)c(=O)c2cc(F)c(Cl)c([N+](=O)[O-])c21. The van der Waals surface area contributed by atoms with Gasteiger partial charge in [0.2, 0.25) is 5.43 Å². The molecule has 1 aromatic carbocycles. The fraction of sp³-hybridized carbons (Fsp3) is 0.0909. The maximum Gasteiger partial charge on any atom is 0.341 e. The van der Waals surface area contributed by atoms with Gasteiger partial charge < -0.3 is 10.5 Å². The van der Waals surface area contributed by atoms with Gasteiger partial charge >= 0.3 is 11.7 Å². The van der Waals surface area contributed by atoms with Crippen LogP contribution in [0, 0.1) is 15.9 Å². The molecule has 0 unspecified atom stereocenters. The summed E-state index contributed by atoms with van der Waals surface area (Å²) < 4.78 is 14.6. The van der Waals surface area contributed by atoms with Gasteiger partial charge in [-0.1, -0.05) is 11.6 Å². The van der Waals surface area contributed by atoms with Crippen LogP contribution >= 0.6 is 11.6 Å². The molecule has 0 atom stereocenters. The van der Waals surface area contributed by atoms with Crippen molar-refractivity contribution in [2.24, 2.45) is 0 Å². The van der Waals surface area contributed by atoms with E-state index < -0.39 is 43.8 Å². The number of aromatic nitrogens is 1. The molecule has 8 nitrogen and oxygen atoms in total. The fourth-order valence-electron chi connectivity index (χ4n) is 1.91. The van der Waals surface area contributed by atoms with Gasteiger partial charge in [0.1, 0.15) is 11.4 Å². The Bertz CT molecular complexity index is 848. The molecule has 0 radical (unpaired) electrons. The zero-order valence-corrected chi connectivity index (χ0v) is 11.1. The van der Waals surface area contributed by atoms with Crippen LogP contribution in [0.5, 0.6) is 0 Å². The highest BCUT2D eigenvalue weighted by molar-refractivity contribution is 6.34. The van der Waals surface area contributed by atoms with Crippen LogP contribution in [0.25, 0.3) is 10.9 Å². The molecule has 2 rings (SSSR count). The quantitative estimate of drug-likeness (QED) is 0.656. The Morgan fingerprint density at radius 1 is 1.57 bits per heavy atom. The Morgan fingerprint density at radius 3 is 2.67 bits per heavy atom. The zero-order valence-electron chi connectivity index (χ0n) is 10.4. The van der Waals surface area contributed by atoms with Gasteiger partial charge in [-0.05, 0) is 6.07 Å². The first kappa shape index (κ1) is 14.7. The number of pyridine rings is 1. The van der Waals surface area contributed by atoms with Gasteiger partial charge in [-0.2, -0.15) is 0 Å². The van der Waals surface area contributed by atoms with Crippen molar-refractivity contribution < 1.29 is 19.2 Å². The molecule has 10 heteroatoms. The van der Waals surface area contributed by atoms with E-state index in [0.29, 0.717) is 6.07 Å². The summed E-state index contributed by atoms with van der Waals surface area (Å²) in [6.07, 6.45) is 0.869. The van der Waals surface area contributed by atoms with E-state index in [1.54, 1.807) is 0 Å². The molecule has 0 aliphatic rings. The van der Waals surface area contributed by atoms with Crippen LogP contribution in [-0.4, -0.2) is 27.7 Å². The molecule has 1 heterocycles. The van der Waals surface area contributed by atoms with Crippen LogP contribution in [-0.2, 0) is 0 Å². The molecular weight excluding hydrogens is 309 g/mol. The Hall–Kier alpha value is -2.68. The van der Waals surface area contributed by atoms with Crippen molar-refractivity contribution in [2.75, 3.05) is 12.5 Å². The number of carboxylic acid groups (broad SMARTS) is 1. The fourth-order valence-corrected chi connectivity index (χ4v) is 2.13. The summed E-state index contributed by atoms with van der Waals surface area (Å²) in [4.78, 5) is 33.2. The number of hydrogen-bond donors (Lipinski definition) is 2. The summed E-state index contributed by atoms with van der Waals surface area (Å²) >= 11 is 5.57. The third-order valence-electron chi connectivity index (χ3n) is 2.81. The number of hydrogen-bond acceptors (Lipinski definition) is 5. The Balaban J connectivity index is 3.15. The van der Waals surface area contributed by atoms with Gasteiger partial charge in [-0.15, -0.1) is 0 Å². The summed E-state index contributed by atoms with van der Waals surface area (Å²) in [6.45, 7) is 0. The molecule has 110 valence electrons. The lowest BCUT2D eigenvalue weighted by Gasteiger charge is -2.12. The second kappa shape index (κ2) is 5.02. The first-order chi connectivity index (χ1) is 9.79. The van der Waals surface area contributed by atoms with Gasteiger partial charge in [-0.25, -0.2) is 9.18 Å². The second-order valence-corrected chi connectivity index (χ2v) is 4.32. The third-order valence-corrected chi connectivity index (χ3v) is 3.17. The number of nitro groups is 1. The molecule has 0 spiro atoms. The Labute approximate surface area is 120 Å². The lowest BCUT2D eigenvalue weighted by Crippen LogP contribution is -2.23. The molecule has 21 heavy (non-hydrogen) atoms. The predicted octanol–water partition coefficient (Wildman–Crippen LogP) is 1.57. The van der Waals surface area contributed by atoms with Crippen LogP contribution in [0.3, 0.4) is 0 Å². The van der Waals surface area contributed by atoms with Crippen molar-refractivity contribution in [1.29, 1.82) is 0 Å². The van der Waals surface area contributed by atoms with E-state index in [4.69, 9.17) is 16.7 Å². The van der Waals surface area contributed by atoms with E-state index in [-0.39, 0.29) is 5.52 Å². The van der Waals surface area contributed by atoms with Crippen LogP contribution < -0.4 is 10.9 Å². The molecule has 0 aliphatic heterocycles. The minimum absolute atomic E-state index is 0.316. The van der Waals surface area contributed by atoms with E-state index in [2.05, 4.69) is 5.43 Å². The molecule has 0 saturated heterocycles. The van der Waals surface area contributed by atoms with Gasteiger partial charge in [0.05, 0.1) is 10.3 Å². The number of nitro benzene ring substituents is 1. The van der Waals surface area contributed by atoms with Crippen molar-refractivity contribution in [3.05, 3.63) is 49.0 Å². The molecular formula is C11H7ClFN3O5. The Morgan fingerprint density at radius 2 is 2.19 bits per heavy atom. The molecule has 2 N–H and O–H groups in total. The van der Waals surface area contributed by atoms with E-state index in [1.165, 1.54) is 7.05 Å². The topological polar surface area (TPSA) is 114 Å². The monoisotopic (exact) mass is 315 g/mol. The summed E-state index contributed by atoms with van der Waals surface area (Å²) in [5, 5.41) is 18.8. The van der Waals surface area contributed by atoms with Crippen molar-refractivity contribution in [3.8, 4) is 0 Å². The summed E-state index contributed by atoms with van der Waals surface area (Å²) in [6, 6.07) is 0.674. The summed E-state index contributed by atoms with van der Waals surface area (Å²) in [7, 11) is 1.34. The minimum atomic E-state index is -1.54. The minimum Gasteiger partial charge on any atom is -0.477 e. The van der Waals surface area contributed by atoms with Crippen LogP contribution in [0.4, 0.5) is 10.1 Å². The number of nitrogens with zero attached hydrogens (tertiary/aromatic N) is 2. The highest BCUT2D eigenvalue weighted by Crippen LogP contribution is 2.34. The number of benzene rings is 1. The highest BCUT2D eigenvalue weighted by Gasteiger charge is 2.27. The van der Waals surface area contributed by atoms with E-state index >= 15 is 0 Å². The van der Waals surface area contributed by atoms with Gasteiger partial charge in [0.25, 0.3) is 0 Å². The van der Waals surface area contributed by atoms with Crippen molar-refractivity contribution >= 4 is 34.2 Å². The summed E-state index contributed by atoms with van der Waals surface area (Å²) in [5.74, 6) is -2.72. The number of nitrogens with one attached hydrogen (secondary N) is 1. The predicted molar refractivity (Wildman–Crippen MR) is 72.1 cm³/mol. The standard InChI is InChI=1S/C11H7ClFN3O5/c1-14-15-3-5(11(18)19)10(17)4-2-6(13)7(12)9(8(4)15)16(20)21/h2-3,14H,1H3,(H,18,19). The lowest BCUT2D eigenvalue weighted by atomic mass is 10.1. The van der Waals surface area contributed by atoms with Gasteiger partial charge in [0, 0.05) is 13.2 Å². The number of aromatic carboxylic acids is 1. The lowest BCUT2D eigenvalue weighted by molar-refractivity contribution is -0.383. The third kappa shape index (κ3) is 2.17.